The van der Waals surface area contributed by atoms with Crippen LogP contribution in [-0.2, 0) is 11.2 Å². The minimum atomic E-state index is 0.108. The Balaban J connectivity index is 1.36. The average molecular weight is 379 g/mol. The number of methoxy groups -OCH3 is 1. The van der Waals surface area contributed by atoms with E-state index < -0.39 is 0 Å². The largest absolute Gasteiger partial charge is 0.496 e. The summed E-state index contributed by atoms with van der Waals surface area (Å²) in [6.45, 7) is 1.35. The van der Waals surface area contributed by atoms with Crippen LogP contribution in [0.4, 0.5) is 0 Å². The molecule has 0 radical (unpaired) electrons. The minimum absolute atomic E-state index is 0.108. The van der Waals surface area contributed by atoms with Gasteiger partial charge < -0.3 is 14.2 Å². The monoisotopic (exact) mass is 379 g/mol. The molecule has 0 aliphatic carbocycles. The molecule has 0 atom stereocenters. The number of hydrogen-bond donors (Lipinski definition) is 0. The lowest BCUT2D eigenvalue weighted by Gasteiger charge is -2.30. The highest BCUT2D eigenvalue weighted by molar-refractivity contribution is 5.79. The molecule has 8 nitrogen and oxygen atoms in total. The maximum Gasteiger partial charge on any atom is 0.278 e. The standard InChI is InChI=1S/C20H21N5O3/c1-27-17-5-3-2-4-15(17)12-18(26)25-10-6-14(7-11-25)19-23-20(28-24-19)16-13-21-8-9-22-16/h2-5,8-9,13-14H,6-7,10-12H2,1H3. The predicted molar refractivity (Wildman–Crippen MR) is 101 cm³/mol. The van der Waals surface area contributed by atoms with Crippen molar-refractivity contribution in [1.82, 2.24) is 25.0 Å². The first-order valence-corrected chi connectivity index (χ1v) is 9.24. The highest BCUT2D eigenvalue weighted by Crippen LogP contribution is 2.28. The van der Waals surface area contributed by atoms with E-state index in [9.17, 15) is 4.79 Å². The number of likely N-dealkylation sites (tertiary alicyclic amines) is 1. The molecular formula is C20H21N5O3. The molecule has 2 aromatic heterocycles. The summed E-state index contributed by atoms with van der Waals surface area (Å²) < 4.78 is 10.7. The summed E-state index contributed by atoms with van der Waals surface area (Å²) in [5.41, 5.74) is 1.47. The van der Waals surface area contributed by atoms with E-state index in [0.29, 0.717) is 36.9 Å². The SMILES string of the molecule is COc1ccccc1CC(=O)N1CCC(c2noc(-c3cnccn3)n2)CC1. The van der Waals surface area contributed by atoms with Crippen molar-refractivity contribution in [2.75, 3.05) is 20.2 Å². The molecule has 1 fully saturated rings. The van der Waals surface area contributed by atoms with E-state index in [4.69, 9.17) is 9.26 Å². The van der Waals surface area contributed by atoms with Gasteiger partial charge in [0.2, 0.25) is 5.91 Å². The number of para-hydroxylation sites is 1. The summed E-state index contributed by atoms with van der Waals surface area (Å²) in [4.78, 5) is 27.2. The number of amides is 1. The second-order valence-corrected chi connectivity index (χ2v) is 6.69. The van der Waals surface area contributed by atoms with Gasteiger partial charge in [0.1, 0.15) is 11.4 Å². The molecule has 1 amide bonds. The zero-order chi connectivity index (χ0) is 19.3. The van der Waals surface area contributed by atoms with E-state index in [0.717, 1.165) is 24.2 Å². The molecule has 144 valence electrons. The maximum atomic E-state index is 12.7. The molecule has 0 spiro atoms. The number of benzene rings is 1. The molecule has 3 heterocycles. The summed E-state index contributed by atoms with van der Waals surface area (Å²) in [5.74, 6) is 2.06. The number of rotatable bonds is 5. The second kappa shape index (κ2) is 8.16. The minimum Gasteiger partial charge on any atom is -0.496 e. The van der Waals surface area contributed by atoms with Crippen molar-refractivity contribution < 1.29 is 14.1 Å². The summed E-state index contributed by atoms with van der Waals surface area (Å²) in [6, 6.07) is 7.62. The number of ether oxygens (including phenoxy) is 1. The van der Waals surface area contributed by atoms with Crippen LogP contribution < -0.4 is 4.74 Å². The van der Waals surface area contributed by atoms with Crippen LogP contribution in [-0.4, -0.2) is 51.1 Å². The Kier molecular flexibility index (Phi) is 5.27. The topological polar surface area (TPSA) is 94.2 Å². The zero-order valence-electron chi connectivity index (χ0n) is 15.6. The third-order valence-electron chi connectivity index (χ3n) is 4.97. The maximum absolute atomic E-state index is 12.7. The first-order valence-electron chi connectivity index (χ1n) is 9.24. The summed E-state index contributed by atoms with van der Waals surface area (Å²) in [5, 5.41) is 4.10. The van der Waals surface area contributed by atoms with E-state index in [-0.39, 0.29) is 11.8 Å². The first-order chi connectivity index (χ1) is 13.7. The van der Waals surface area contributed by atoms with Gasteiger partial charge in [-0.15, -0.1) is 0 Å². The molecule has 1 aliphatic rings. The number of aromatic nitrogens is 4. The number of piperidine rings is 1. The van der Waals surface area contributed by atoms with Crippen molar-refractivity contribution in [2.45, 2.75) is 25.2 Å². The molecule has 8 heteroatoms. The van der Waals surface area contributed by atoms with Crippen LogP contribution in [0.15, 0.2) is 47.4 Å². The molecule has 1 aromatic carbocycles. The Labute approximate surface area is 162 Å². The van der Waals surface area contributed by atoms with E-state index in [1.807, 2.05) is 29.2 Å². The fraction of sp³-hybridized carbons (Fsp3) is 0.350. The van der Waals surface area contributed by atoms with Crippen LogP contribution in [0.2, 0.25) is 0 Å². The van der Waals surface area contributed by atoms with Gasteiger partial charge in [-0.25, -0.2) is 4.98 Å². The molecule has 1 saturated heterocycles. The lowest BCUT2D eigenvalue weighted by Crippen LogP contribution is -2.39. The third kappa shape index (κ3) is 3.85. The molecule has 3 aromatic rings. The van der Waals surface area contributed by atoms with E-state index >= 15 is 0 Å². The van der Waals surface area contributed by atoms with Crippen molar-refractivity contribution in [2.24, 2.45) is 0 Å². The van der Waals surface area contributed by atoms with Gasteiger partial charge in [0.15, 0.2) is 5.82 Å². The van der Waals surface area contributed by atoms with Crippen molar-refractivity contribution in [3.63, 3.8) is 0 Å². The van der Waals surface area contributed by atoms with Gasteiger partial charge in [-0.05, 0) is 18.9 Å². The van der Waals surface area contributed by atoms with Crippen LogP contribution in [0, 0.1) is 0 Å². The highest BCUT2D eigenvalue weighted by Gasteiger charge is 2.27. The Morgan fingerprint density at radius 2 is 2.07 bits per heavy atom. The quantitative estimate of drug-likeness (QED) is 0.672. The van der Waals surface area contributed by atoms with Gasteiger partial charge in [-0.1, -0.05) is 23.4 Å². The Hall–Kier alpha value is -3.29. The van der Waals surface area contributed by atoms with Crippen molar-refractivity contribution in [1.29, 1.82) is 0 Å². The summed E-state index contributed by atoms with van der Waals surface area (Å²) in [6.07, 6.45) is 6.72. The van der Waals surface area contributed by atoms with Crippen molar-refractivity contribution in [3.8, 4) is 17.3 Å². The van der Waals surface area contributed by atoms with Crippen LogP contribution in [0.1, 0.15) is 30.1 Å². The number of nitrogens with zero attached hydrogens (tertiary/aromatic N) is 5. The third-order valence-corrected chi connectivity index (χ3v) is 4.97. The Morgan fingerprint density at radius 3 is 2.82 bits per heavy atom. The molecule has 0 bridgehead atoms. The van der Waals surface area contributed by atoms with E-state index in [1.165, 1.54) is 0 Å². The summed E-state index contributed by atoms with van der Waals surface area (Å²) in [7, 11) is 1.62. The van der Waals surface area contributed by atoms with Crippen LogP contribution >= 0.6 is 0 Å². The van der Waals surface area contributed by atoms with Crippen LogP contribution in [0.3, 0.4) is 0 Å². The van der Waals surface area contributed by atoms with Gasteiger partial charge in [-0.3, -0.25) is 9.78 Å². The zero-order valence-corrected chi connectivity index (χ0v) is 15.6. The average Bonchev–Trinajstić information content (AvgIpc) is 3.25. The second-order valence-electron chi connectivity index (χ2n) is 6.69. The van der Waals surface area contributed by atoms with Gasteiger partial charge in [-0.2, -0.15) is 4.98 Å². The van der Waals surface area contributed by atoms with Gasteiger partial charge in [0.25, 0.3) is 5.89 Å². The molecule has 0 unspecified atom stereocenters. The highest BCUT2D eigenvalue weighted by atomic mass is 16.5. The molecule has 28 heavy (non-hydrogen) atoms. The summed E-state index contributed by atoms with van der Waals surface area (Å²) >= 11 is 0. The normalized spacial score (nSPS) is 14.8. The van der Waals surface area contributed by atoms with Gasteiger partial charge in [0, 0.05) is 37.0 Å². The number of carbonyl (C=O) groups excluding carboxylic acids is 1. The van der Waals surface area contributed by atoms with E-state index in [2.05, 4.69) is 20.1 Å². The van der Waals surface area contributed by atoms with Gasteiger partial charge >= 0.3 is 0 Å². The molecule has 1 aliphatic heterocycles. The lowest BCUT2D eigenvalue weighted by atomic mass is 9.95. The van der Waals surface area contributed by atoms with Gasteiger partial charge in [0.05, 0.1) is 19.7 Å². The smallest absolute Gasteiger partial charge is 0.278 e. The van der Waals surface area contributed by atoms with E-state index in [1.54, 1.807) is 25.7 Å². The fourth-order valence-corrected chi connectivity index (χ4v) is 3.43. The molecule has 4 rings (SSSR count). The molecule has 0 saturated carbocycles. The lowest BCUT2D eigenvalue weighted by molar-refractivity contribution is -0.131. The predicted octanol–water partition coefficient (Wildman–Crippen LogP) is 2.48. The molecule has 0 N–H and O–H groups in total. The Bertz CT molecular complexity index is 936. The first kappa shape index (κ1) is 18.1. The number of carbonyl (C=O) groups is 1. The molecular weight excluding hydrogens is 358 g/mol. The van der Waals surface area contributed by atoms with Crippen LogP contribution in [0.5, 0.6) is 5.75 Å². The van der Waals surface area contributed by atoms with Crippen molar-refractivity contribution in [3.05, 3.63) is 54.2 Å². The Morgan fingerprint density at radius 1 is 1.25 bits per heavy atom. The fourth-order valence-electron chi connectivity index (χ4n) is 3.43. The number of hydrogen-bond acceptors (Lipinski definition) is 7. The van der Waals surface area contributed by atoms with Crippen LogP contribution in [0.25, 0.3) is 11.6 Å². The van der Waals surface area contributed by atoms with Crippen molar-refractivity contribution >= 4 is 5.91 Å².